The van der Waals surface area contributed by atoms with Crippen LogP contribution in [0, 0.1) is 5.92 Å². The van der Waals surface area contributed by atoms with Crippen LogP contribution < -0.4 is 15.0 Å². The monoisotopic (exact) mass is 419 g/mol. The van der Waals surface area contributed by atoms with Gasteiger partial charge < -0.3 is 20.1 Å². The van der Waals surface area contributed by atoms with Gasteiger partial charge in [0.2, 0.25) is 0 Å². The van der Waals surface area contributed by atoms with Crippen LogP contribution in [0.15, 0.2) is 47.1 Å². The number of ether oxygens (including phenoxy) is 1. The maximum Gasteiger partial charge on any atom is 0.262 e. The molecular formula is C19H22BrN3O3. The highest BCUT2D eigenvalue weighted by Gasteiger charge is 2.21. The minimum absolute atomic E-state index is 0.0669. The maximum absolute atomic E-state index is 12.3. The van der Waals surface area contributed by atoms with Crippen molar-refractivity contribution in [3.8, 4) is 5.75 Å². The molecule has 1 aromatic heterocycles. The van der Waals surface area contributed by atoms with Gasteiger partial charge in [-0.25, -0.2) is 4.98 Å². The van der Waals surface area contributed by atoms with E-state index in [-0.39, 0.29) is 19.1 Å². The van der Waals surface area contributed by atoms with Crippen LogP contribution in [0.1, 0.15) is 12.8 Å². The standard InChI is InChI=1S/C19H22BrN3O3/c20-15-3-5-16(6-4-15)26-13-18(25)22-17-2-1-9-21-19(17)23-10-7-14(12-24)8-11-23/h1-6,9,14,24H,7-8,10-13H2,(H,22,25). The van der Waals surface area contributed by atoms with E-state index in [0.29, 0.717) is 17.4 Å². The molecule has 1 aromatic carbocycles. The van der Waals surface area contributed by atoms with Crippen LogP contribution in [0.25, 0.3) is 0 Å². The van der Waals surface area contributed by atoms with Crippen molar-refractivity contribution in [2.24, 2.45) is 5.92 Å². The highest BCUT2D eigenvalue weighted by molar-refractivity contribution is 9.10. The predicted octanol–water partition coefficient (Wildman–Crippen LogP) is 3.07. The fourth-order valence-electron chi connectivity index (χ4n) is 2.94. The van der Waals surface area contributed by atoms with Crippen LogP contribution in [0.5, 0.6) is 5.75 Å². The Kier molecular flexibility index (Phi) is 6.46. The molecule has 1 fully saturated rings. The lowest BCUT2D eigenvalue weighted by Crippen LogP contribution is -2.36. The molecule has 138 valence electrons. The number of hydrogen-bond acceptors (Lipinski definition) is 5. The van der Waals surface area contributed by atoms with Crippen molar-refractivity contribution in [2.45, 2.75) is 12.8 Å². The lowest BCUT2D eigenvalue weighted by molar-refractivity contribution is -0.118. The lowest BCUT2D eigenvalue weighted by Gasteiger charge is -2.33. The van der Waals surface area contributed by atoms with Gasteiger partial charge in [-0.2, -0.15) is 0 Å². The molecular weight excluding hydrogens is 398 g/mol. The number of carbonyl (C=O) groups is 1. The average Bonchev–Trinajstić information content (AvgIpc) is 2.68. The molecule has 2 aromatic rings. The molecule has 2 heterocycles. The third-order valence-electron chi connectivity index (χ3n) is 4.42. The first-order valence-electron chi connectivity index (χ1n) is 8.65. The molecule has 3 rings (SSSR count). The summed E-state index contributed by atoms with van der Waals surface area (Å²) >= 11 is 3.36. The van der Waals surface area contributed by atoms with Crippen molar-refractivity contribution in [3.63, 3.8) is 0 Å². The Hall–Kier alpha value is -2.12. The molecule has 0 spiro atoms. The summed E-state index contributed by atoms with van der Waals surface area (Å²) in [4.78, 5) is 18.8. The summed E-state index contributed by atoms with van der Waals surface area (Å²) in [6.45, 7) is 1.80. The second-order valence-electron chi connectivity index (χ2n) is 6.28. The number of rotatable bonds is 6. The smallest absolute Gasteiger partial charge is 0.262 e. The Morgan fingerprint density at radius 1 is 1.27 bits per heavy atom. The van der Waals surface area contributed by atoms with Gasteiger partial charge in [0.1, 0.15) is 5.75 Å². The van der Waals surface area contributed by atoms with Crippen molar-refractivity contribution in [3.05, 3.63) is 47.1 Å². The van der Waals surface area contributed by atoms with Crippen molar-refractivity contribution in [2.75, 3.05) is 36.5 Å². The number of aromatic nitrogens is 1. The summed E-state index contributed by atoms with van der Waals surface area (Å²) in [5.41, 5.74) is 0.680. The fraction of sp³-hybridized carbons (Fsp3) is 0.368. The van der Waals surface area contributed by atoms with E-state index in [1.165, 1.54) is 0 Å². The number of pyridine rings is 1. The number of nitrogens with zero attached hydrogens (tertiary/aromatic N) is 2. The molecule has 6 nitrogen and oxygen atoms in total. The van der Waals surface area contributed by atoms with Crippen molar-refractivity contribution in [1.82, 2.24) is 4.98 Å². The number of anilines is 2. The quantitative estimate of drug-likeness (QED) is 0.752. The number of benzene rings is 1. The molecule has 0 bridgehead atoms. The van der Waals surface area contributed by atoms with Gasteiger partial charge in [0.25, 0.3) is 5.91 Å². The van der Waals surface area contributed by atoms with Crippen molar-refractivity contribution < 1.29 is 14.6 Å². The summed E-state index contributed by atoms with van der Waals surface area (Å²) in [6, 6.07) is 11.0. The van der Waals surface area contributed by atoms with E-state index in [1.807, 2.05) is 18.2 Å². The summed E-state index contributed by atoms with van der Waals surface area (Å²) in [5, 5.41) is 12.2. The molecule has 1 amide bonds. The number of aliphatic hydroxyl groups excluding tert-OH is 1. The Bertz CT molecular complexity index is 731. The number of halogens is 1. The van der Waals surface area contributed by atoms with Gasteiger partial charge >= 0.3 is 0 Å². The minimum Gasteiger partial charge on any atom is -0.484 e. The van der Waals surface area contributed by atoms with E-state index < -0.39 is 0 Å². The van der Waals surface area contributed by atoms with E-state index in [9.17, 15) is 9.90 Å². The van der Waals surface area contributed by atoms with Crippen LogP contribution in [-0.2, 0) is 4.79 Å². The van der Waals surface area contributed by atoms with E-state index in [4.69, 9.17) is 4.74 Å². The van der Waals surface area contributed by atoms with Crippen LogP contribution in [0.4, 0.5) is 11.5 Å². The Balaban J connectivity index is 1.59. The molecule has 26 heavy (non-hydrogen) atoms. The number of carbonyl (C=O) groups excluding carboxylic acids is 1. The predicted molar refractivity (Wildman–Crippen MR) is 105 cm³/mol. The topological polar surface area (TPSA) is 74.7 Å². The highest BCUT2D eigenvalue weighted by Crippen LogP contribution is 2.27. The number of aliphatic hydroxyl groups is 1. The van der Waals surface area contributed by atoms with E-state index in [0.717, 1.165) is 36.2 Å². The number of amides is 1. The third kappa shape index (κ3) is 4.95. The number of piperidine rings is 1. The Morgan fingerprint density at radius 2 is 2.00 bits per heavy atom. The summed E-state index contributed by atoms with van der Waals surface area (Å²) < 4.78 is 6.47. The number of hydrogen-bond donors (Lipinski definition) is 2. The number of nitrogens with one attached hydrogen (secondary N) is 1. The van der Waals surface area contributed by atoms with Gasteiger partial charge in [0.15, 0.2) is 12.4 Å². The molecule has 7 heteroatoms. The highest BCUT2D eigenvalue weighted by atomic mass is 79.9. The van der Waals surface area contributed by atoms with E-state index >= 15 is 0 Å². The van der Waals surface area contributed by atoms with Crippen LogP contribution in [0.3, 0.4) is 0 Å². The Labute approximate surface area is 161 Å². The van der Waals surface area contributed by atoms with Crippen LogP contribution >= 0.6 is 15.9 Å². The minimum atomic E-state index is -0.229. The van der Waals surface area contributed by atoms with Gasteiger partial charge in [-0.3, -0.25) is 4.79 Å². The summed E-state index contributed by atoms with van der Waals surface area (Å²) in [7, 11) is 0. The molecule has 0 radical (unpaired) electrons. The maximum atomic E-state index is 12.3. The molecule has 1 saturated heterocycles. The first-order chi connectivity index (χ1) is 12.7. The zero-order valence-corrected chi connectivity index (χ0v) is 16.0. The first kappa shape index (κ1) is 18.7. The van der Waals surface area contributed by atoms with Crippen molar-refractivity contribution >= 4 is 33.3 Å². The zero-order chi connectivity index (χ0) is 18.4. The molecule has 0 aliphatic carbocycles. The zero-order valence-electron chi connectivity index (χ0n) is 14.4. The van der Waals surface area contributed by atoms with Crippen molar-refractivity contribution in [1.29, 1.82) is 0 Å². The van der Waals surface area contributed by atoms with Gasteiger partial charge in [0, 0.05) is 30.4 Å². The van der Waals surface area contributed by atoms with Gasteiger partial charge in [0.05, 0.1) is 5.69 Å². The molecule has 1 aliphatic heterocycles. The average molecular weight is 420 g/mol. The van der Waals surface area contributed by atoms with E-state index in [1.54, 1.807) is 24.4 Å². The largest absolute Gasteiger partial charge is 0.484 e. The molecule has 0 atom stereocenters. The first-order valence-corrected chi connectivity index (χ1v) is 9.44. The fourth-order valence-corrected chi connectivity index (χ4v) is 3.20. The Morgan fingerprint density at radius 3 is 2.69 bits per heavy atom. The van der Waals surface area contributed by atoms with Gasteiger partial charge in [-0.1, -0.05) is 15.9 Å². The molecule has 0 unspecified atom stereocenters. The second kappa shape index (κ2) is 9.00. The van der Waals surface area contributed by atoms with Gasteiger partial charge in [-0.15, -0.1) is 0 Å². The molecule has 2 N–H and O–H groups in total. The van der Waals surface area contributed by atoms with Gasteiger partial charge in [-0.05, 0) is 55.2 Å². The molecule has 0 saturated carbocycles. The summed E-state index contributed by atoms with van der Waals surface area (Å²) in [6.07, 6.45) is 3.57. The second-order valence-corrected chi connectivity index (χ2v) is 7.19. The summed E-state index contributed by atoms with van der Waals surface area (Å²) in [5.74, 6) is 1.53. The third-order valence-corrected chi connectivity index (χ3v) is 4.95. The lowest BCUT2D eigenvalue weighted by atomic mass is 9.98. The molecule has 1 aliphatic rings. The van der Waals surface area contributed by atoms with Crippen LogP contribution in [-0.4, -0.2) is 42.3 Å². The SMILES string of the molecule is O=C(COc1ccc(Br)cc1)Nc1cccnc1N1CCC(CO)CC1. The van der Waals surface area contributed by atoms with Crippen LogP contribution in [0.2, 0.25) is 0 Å². The normalized spacial score (nSPS) is 14.9. The van der Waals surface area contributed by atoms with E-state index in [2.05, 4.69) is 31.1 Å².